The molecule has 0 aromatic carbocycles. The highest BCUT2D eigenvalue weighted by Gasteiger charge is 2.55. The highest BCUT2D eigenvalue weighted by molar-refractivity contribution is 6.00. The molecule has 4 heterocycles. The van der Waals surface area contributed by atoms with Gasteiger partial charge in [-0.25, -0.2) is 14.3 Å². The number of hydrogen-bond acceptors (Lipinski definition) is 5. The zero-order chi connectivity index (χ0) is 24.3. The summed E-state index contributed by atoms with van der Waals surface area (Å²) in [4.78, 5) is 32.4. The molecule has 1 aliphatic carbocycles. The van der Waals surface area contributed by atoms with Crippen molar-refractivity contribution in [3.63, 3.8) is 0 Å². The van der Waals surface area contributed by atoms with E-state index in [0.717, 1.165) is 30.8 Å². The summed E-state index contributed by atoms with van der Waals surface area (Å²) in [5.74, 6) is -0.657. The van der Waals surface area contributed by atoms with Gasteiger partial charge in [-0.15, -0.1) is 13.2 Å². The first-order chi connectivity index (χ1) is 16.0. The van der Waals surface area contributed by atoms with Crippen LogP contribution in [0, 0.1) is 5.41 Å². The molecule has 0 atom stereocenters. The van der Waals surface area contributed by atoms with Crippen molar-refractivity contribution < 1.29 is 27.5 Å². The molecule has 0 unspecified atom stereocenters. The number of carbonyl (C=O) groups excluding carboxylic acids is 2. The maximum Gasteiger partial charge on any atom is 0.574 e. The second-order valence-electron chi connectivity index (χ2n) is 8.93. The minimum atomic E-state index is -4.83. The van der Waals surface area contributed by atoms with Crippen LogP contribution in [0.25, 0.3) is 5.65 Å². The topological polar surface area (TPSA) is 97.0 Å². The van der Waals surface area contributed by atoms with Crippen LogP contribution in [-0.4, -0.2) is 73.4 Å². The number of pyridine rings is 1. The number of amides is 3. The van der Waals surface area contributed by atoms with Gasteiger partial charge < -0.3 is 24.4 Å². The first-order valence-electron chi connectivity index (χ1n) is 10.6. The molecule has 1 N–H and O–H groups in total. The summed E-state index contributed by atoms with van der Waals surface area (Å²) in [6.45, 7) is 1.26. The third-order valence-corrected chi connectivity index (χ3v) is 6.52. The van der Waals surface area contributed by atoms with Gasteiger partial charge in [0, 0.05) is 57.1 Å². The van der Waals surface area contributed by atoms with E-state index in [1.54, 1.807) is 33.8 Å². The summed E-state index contributed by atoms with van der Waals surface area (Å²) in [5.41, 5.74) is 1.58. The van der Waals surface area contributed by atoms with E-state index in [2.05, 4.69) is 20.1 Å². The predicted octanol–water partition coefficient (Wildman–Crippen LogP) is 2.73. The van der Waals surface area contributed by atoms with Gasteiger partial charge in [0.1, 0.15) is 11.2 Å². The molecule has 5 rings (SSSR count). The van der Waals surface area contributed by atoms with Crippen molar-refractivity contribution in [1.29, 1.82) is 0 Å². The first kappa shape index (κ1) is 22.0. The number of urea groups is 1. The molecule has 0 radical (unpaired) electrons. The van der Waals surface area contributed by atoms with E-state index in [1.807, 2.05) is 17.8 Å². The molecular weight excluding hydrogens is 455 g/mol. The van der Waals surface area contributed by atoms with Gasteiger partial charge in [0.15, 0.2) is 0 Å². The summed E-state index contributed by atoms with van der Waals surface area (Å²) in [6, 6.07) is 1.95. The molecular formula is C21H22F3N7O3. The molecule has 180 valence electrons. The Labute approximate surface area is 191 Å². The summed E-state index contributed by atoms with van der Waals surface area (Å²) >= 11 is 0. The number of imidazole rings is 1. The molecule has 1 spiro atoms. The van der Waals surface area contributed by atoms with Crippen molar-refractivity contribution in [1.82, 2.24) is 29.0 Å². The Morgan fingerprint density at radius 2 is 1.94 bits per heavy atom. The average Bonchev–Trinajstić information content (AvgIpc) is 3.29. The summed E-state index contributed by atoms with van der Waals surface area (Å²) in [6.07, 6.45) is 3.03. The molecule has 1 saturated heterocycles. The van der Waals surface area contributed by atoms with Crippen LogP contribution in [0.15, 0.2) is 36.9 Å². The molecule has 34 heavy (non-hydrogen) atoms. The Bertz CT molecular complexity index is 1240. The molecule has 1 aliphatic heterocycles. The van der Waals surface area contributed by atoms with Crippen LogP contribution in [0.2, 0.25) is 0 Å². The molecule has 2 fully saturated rings. The van der Waals surface area contributed by atoms with E-state index in [-0.39, 0.29) is 29.1 Å². The molecule has 0 bridgehead atoms. The van der Waals surface area contributed by atoms with Crippen molar-refractivity contribution in [3.8, 4) is 5.88 Å². The molecule has 13 heteroatoms. The fourth-order valence-corrected chi connectivity index (χ4v) is 4.76. The number of aryl methyl sites for hydroxylation is 1. The number of rotatable bonds is 4. The number of nitrogens with one attached hydrogen (secondary N) is 1. The Balaban J connectivity index is 1.12. The lowest BCUT2D eigenvalue weighted by Crippen LogP contribution is -2.67. The molecule has 3 aromatic rings. The van der Waals surface area contributed by atoms with Gasteiger partial charge in [0.05, 0.1) is 18.1 Å². The highest BCUT2D eigenvalue weighted by Crippen LogP contribution is 2.50. The van der Waals surface area contributed by atoms with Crippen LogP contribution < -0.4 is 10.1 Å². The van der Waals surface area contributed by atoms with Crippen molar-refractivity contribution >= 4 is 23.3 Å². The van der Waals surface area contributed by atoms with E-state index in [0.29, 0.717) is 18.7 Å². The molecule has 3 amide bonds. The lowest BCUT2D eigenvalue weighted by molar-refractivity contribution is -0.276. The number of likely N-dealkylation sites (tertiary alicyclic amines) is 1. The van der Waals surface area contributed by atoms with Gasteiger partial charge in [-0.2, -0.15) is 5.10 Å². The summed E-state index contributed by atoms with van der Waals surface area (Å²) < 4.78 is 43.9. The van der Waals surface area contributed by atoms with Gasteiger partial charge in [-0.3, -0.25) is 4.79 Å². The smallest absolute Gasteiger partial charge is 0.388 e. The highest BCUT2D eigenvalue weighted by atomic mass is 19.4. The van der Waals surface area contributed by atoms with Crippen LogP contribution in [0.1, 0.15) is 23.2 Å². The number of nitrogens with zero attached hydrogens (tertiary/aromatic N) is 6. The zero-order valence-corrected chi connectivity index (χ0v) is 18.4. The Kier molecular flexibility index (Phi) is 4.95. The Hall–Kier alpha value is -3.77. The number of aromatic nitrogens is 4. The van der Waals surface area contributed by atoms with Crippen molar-refractivity contribution in [2.24, 2.45) is 12.5 Å². The molecule has 2 aliphatic rings. The number of ether oxygens (including phenoxy) is 1. The van der Waals surface area contributed by atoms with E-state index < -0.39 is 12.2 Å². The van der Waals surface area contributed by atoms with Crippen LogP contribution >= 0.6 is 0 Å². The number of alkyl halides is 3. The van der Waals surface area contributed by atoms with Gasteiger partial charge in [0.2, 0.25) is 5.88 Å². The minimum Gasteiger partial charge on any atom is -0.388 e. The van der Waals surface area contributed by atoms with Crippen molar-refractivity contribution in [2.45, 2.75) is 25.2 Å². The number of halogens is 3. The predicted molar refractivity (Wildman–Crippen MR) is 113 cm³/mol. The fourth-order valence-electron chi connectivity index (χ4n) is 4.76. The van der Waals surface area contributed by atoms with E-state index in [1.165, 1.54) is 6.07 Å². The second kappa shape index (κ2) is 7.64. The number of carbonyl (C=O) groups is 2. The SMILES string of the molecule is CN(C(=O)Nc1ccc(OC(F)(F)F)nc1)C1CC2(C1)CN(C(=O)c1cnn3ccn(C)c13)C2. The quantitative estimate of drug-likeness (QED) is 0.623. The van der Waals surface area contributed by atoms with Crippen LogP contribution in [0.5, 0.6) is 5.88 Å². The summed E-state index contributed by atoms with van der Waals surface area (Å²) in [5, 5.41) is 6.84. The van der Waals surface area contributed by atoms with Gasteiger partial charge in [0.25, 0.3) is 5.91 Å². The first-order valence-corrected chi connectivity index (χ1v) is 10.6. The standard InChI is InChI=1S/C21H22F3N7O3/c1-28-5-6-31-17(28)15(10-26-31)18(32)30-11-20(12-30)7-14(8-20)29(2)19(33)27-13-3-4-16(25-9-13)34-21(22,23)24/h3-6,9-10,14H,7-8,11-12H2,1-2H3,(H,27,33). The van der Waals surface area contributed by atoms with E-state index >= 15 is 0 Å². The number of anilines is 1. The Morgan fingerprint density at radius 3 is 2.59 bits per heavy atom. The fraction of sp³-hybridized carbons (Fsp3) is 0.429. The molecule has 10 nitrogen and oxygen atoms in total. The summed E-state index contributed by atoms with van der Waals surface area (Å²) in [7, 11) is 3.53. The van der Waals surface area contributed by atoms with Crippen LogP contribution in [-0.2, 0) is 7.05 Å². The van der Waals surface area contributed by atoms with Crippen LogP contribution in [0.3, 0.4) is 0 Å². The molecule has 1 saturated carbocycles. The average molecular weight is 477 g/mol. The molecule has 3 aromatic heterocycles. The van der Waals surface area contributed by atoms with E-state index in [4.69, 9.17) is 0 Å². The maximum absolute atomic E-state index is 12.9. The normalized spacial score (nSPS) is 17.4. The third kappa shape index (κ3) is 3.90. The van der Waals surface area contributed by atoms with Gasteiger partial charge >= 0.3 is 12.4 Å². The third-order valence-electron chi connectivity index (χ3n) is 6.52. The van der Waals surface area contributed by atoms with Gasteiger partial charge in [-0.05, 0) is 18.9 Å². The number of hydrogen-bond donors (Lipinski definition) is 1. The van der Waals surface area contributed by atoms with Crippen LogP contribution in [0.4, 0.5) is 23.7 Å². The van der Waals surface area contributed by atoms with E-state index in [9.17, 15) is 22.8 Å². The lowest BCUT2D eigenvalue weighted by atomic mass is 9.60. The van der Waals surface area contributed by atoms with Gasteiger partial charge in [-0.1, -0.05) is 0 Å². The minimum absolute atomic E-state index is 0.00743. The monoisotopic (exact) mass is 477 g/mol. The maximum atomic E-state index is 12.9. The van der Waals surface area contributed by atoms with Crippen molar-refractivity contribution in [2.75, 3.05) is 25.5 Å². The number of fused-ring (bicyclic) bond motifs is 1. The zero-order valence-electron chi connectivity index (χ0n) is 18.4. The lowest BCUT2D eigenvalue weighted by Gasteiger charge is -2.60. The second-order valence-corrected chi connectivity index (χ2v) is 8.93. The largest absolute Gasteiger partial charge is 0.574 e. The van der Waals surface area contributed by atoms with Crippen molar-refractivity contribution in [3.05, 3.63) is 42.5 Å². The Morgan fingerprint density at radius 1 is 1.21 bits per heavy atom.